The van der Waals surface area contributed by atoms with Gasteiger partial charge in [-0.2, -0.15) is 11.8 Å². The van der Waals surface area contributed by atoms with Crippen molar-refractivity contribution in [2.24, 2.45) is 0 Å². The second-order valence-electron chi connectivity index (χ2n) is 5.54. The van der Waals surface area contributed by atoms with Gasteiger partial charge in [0.25, 0.3) is 0 Å². The highest BCUT2D eigenvalue weighted by Gasteiger charge is 2.22. The van der Waals surface area contributed by atoms with Crippen molar-refractivity contribution >= 4 is 23.8 Å². The monoisotopic (exact) mass is 363 g/mol. The molecule has 0 heterocycles. The van der Waals surface area contributed by atoms with Crippen molar-refractivity contribution in [3.05, 3.63) is 0 Å². The number of nitrogens with one attached hydrogen (secondary N) is 1. The Morgan fingerprint density at radius 2 is 1.71 bits per heavy atom. The Kier molecular flexibility index (Phi) is 16.2. The lowest BCUT2D eigenvalue weighted by Crippen LogP contribution is -2.42. The van der Waals surface area contributed by atoms with Crippen LogP contribution in [0.15, 0.2) is 0 Å². The lowest BCUT2D eigenvalue weighted by molar-refractivity contribution is -0.146. The number of methoxy groups -OCH3 is 1. The molecule has 7 heteroatoms. The van der Waals surface area contributed by atoms with Gasteiger partial charge in [-0.1, -0.05) is 39.0 Å². The molecule has 0 radical (unpaired) electrons. The van der Waals surface area contributed by atoms with Crippen LogP contribution in [-0.4, -0.2) is 57.0 Å². The topological polar surface area (TPSA) is 73.9 Å². The maximum Gasteiger partial charge on any atom is 0.407 e. The number of unbranched alkanes of at least 4 members (excludes halogenated alkanes) is 5. The molecule has 0 bridgehead atoms. The second kappa shape index (κ2) is 16.9. The predicted molar refractivity (Wildman–Crippen MR) is 97.5 cm³/mol. The largest absolute Gasteiger partial charge is 0.464 e. The molecule has 0 saturated carbocycles. The van der Waals surface area contributed by atoms with Crippen molar-refractivity contribution < 1.29 is 23.8 Å². The first kappa shape index (κ1) is 23.1. The number of rotatable bonds is 15. The third-order valence-corrected chi connectivity index (χ3v) is 4.09. The van der Waals surface area contributed by atoms with Crippen molar-refractivity contribution in [1.82, 2.24) is 5.32 Å². The summed E-state index contributed by atoms with van der Waals surface area (Å²) >= 11 is 1.62. The average Bonchev–Trinajstić information content (AvgIpc) is 2.57. The Hall–Kier alpha value is -0.950. The van der Waals surface area contributed by atoms with E-state index < -0.39 is 12.1 Å². The molecule has 1 atom stereocenters. The third kappa shape index (κ3) is 13.5. The van der Waals surface area contributed by atoms with Crippen LogP contribution in [0.3, 0.4) is 0 Å². The number of ether oxygens (including phenoxy) is 3. The van der Waals surface area contributed by atoms with Crippen LogP contribution in [0.25, 0.3) is 0 Å². The maximum absolute atomic E-state index is 12.1. The predicted octanol–water partition coefficient (Wildman–Crippen LogP) is 3.38. The molecule has 0 saturated heterocycles. The smallest absolute Gasteiger partial charge is 0.407 e. The number of hydrogen-bond donors (Lipinski definition) is 1. The Balaban J connectivity index is 4.03. The van der Waals surface area contributed by atoms with Crippen LogP contribution in [0.5, 0.6) is 0 Å². The minimum absolute atomic E-state index is 0.157. The van der Waals surface area contributed by atoms with E-state index >= 15 is 0 Å². The minimum Gasteiger partial charge on any atom is -0.464 e. The van der Waals surface area contributed by atoms with Crippen molar-refractivity contribution in [2.45, 2.75) is 57.9 Å². The quantitative estimate of drug-likeness (QED) is 0.355. The van der Waals surface area contributed by atoms with Crippen LogP contribution in [0.4, 0.5) is 4.79 Å². The summed E-state index contributed by atoms with van der Waals surface area (Å²) in [4.78, 5) is 23.8. The van der Waals surface area contributed by atoms with E-state index in [1.54, 1.807) is 11.8 Å². The van der Waals surface area contributed by atoms with Crippen molar-refractivity contribution in [2.75, 3.05) is 38.9 Å². The van der Waals surface area contributed by atoms with Crippen LogP contribution >= 0.6 is 11.8 Å². The summed E-state index contributed by atoms with van der Waals surface area (Å²) in [5.74, 6) is 0.371. The summed E-state index contributed by atoms with van der Waals surface area (Å²) in [7, 11) is 1.53. The molecule has 0 fully saturated rings. The van der Waals surface area contributed by atoms with E-state index in [1.807, 2.05) is 6.26 Å². The summed E-state index contributed by atoms with van der Waals surface area (Å²) in [5.41, 5.74) is 0. The highest BCUT2D eigenvalue weighted by molar-refractivity contribution is 7.98. The standard InChI is InChI=1S/C17H33NO5S/c1-4-5-6-7-8-9-11-22-16(19)15(10-14-24-3)18-17(20)23-13-12-21-2/h15H,4-14H2,1-3H3,(H,18,20). The number of amides is 1. The van der Waals surface area contributed by atoms with Gasteiger partial charge < -0.3 is 19.5 Å². The summed E-state index contributed by atoms with van der Waals surface area (Å²) in [6.07, 6.45) is 8.67. The summed E-state index contributed by atoms with van der Waals surface area (Å²) in [5, 5.41) is 2.57. The van der Waals surface area contributed by atoms with E-state index in [1.165, 1.54) is 32.8 Å². The van der Waals surface area contributed by atoms with Gasteiger partial charge in [0, 0.05) is 7.11 Å². The summed E-state index contributed by atoms with van der Waals surface area (Å²) < 4.78 is 15.0. The Labute approximate surface area is 150 Å². The zero-order valence-corrected chi connectivity index (χ0v) is 16.1. The number of thioether (sulfide) groups is 1. The molecule has 142 valence electrons. The molecule has 0 aromatic rings. The van der Waals surface area contributed by atoms with E-state index in [2.05, 4.69) is 12.2 Å². The molecule has 1 N–H and O–H groups in total. The number of carbonyl (C=O) groups excluding carboxylic acids is 2. The van der Waals surface area contributed by atoms with Crippen molar-refractivity contribution in [3.63, 3.8) is 0 Å². The van der Waals surface area contributed by atoms with E-state index in [4.69, 9.17) is 14.2 Å². The molecular weight excluding hydrogens is 330 g/mol. The normalized spacial score (nSPS) is 11.8. The Bertz CT molecular complexity index is 328. The highest BCUT2D eigenvalue weighted by Crippen LogP contribution is 2.07. The molecule has 0 aliphatic heterocycles. The molecule has 0 spiro atoms. The van der Waals surface area contributed by atoms with Gasteiger partial charge in [-0.3, -0.25) is 0 Å². The Morgan fingerprint density at radius 3 is 2.38 bits per heavy atom. The van der Waals surface area contributed by atoms with E-state index in [9.17, 15) is 9.59 Å². The van der Waals surface area contributed by atoms with Crippen LogP contribution in [-0.2, 0) is 19.0 Å². The second-order valence-corrected chi connectivity index (χ2v) is 6.53. The molecule has 6 nitrogen and oxygen atoms in total. The molecule has 0 aliphatic rings. The Morgan fingerprint density at radius 1 is 1.00 bits per heavy atom. The van der Waals surface area contributed by atoms with Gasteiger partial charge in [-0.25, -0.2) is 9.59 Å². The molecule has 1 unspecified atom stereocenters. The molecular formula is C17H33NO5S. The van der Waals surface area contributed by atoms with Gasteiger partial charge in [0.1, 0.15) is 12.6 Å². The molecule has 0 aliphatic carbocycles. The van der Waals surface area contributed by atoms with Crippen LogP contribution in [0.1, 0.15) is 51.9 Å². The number of carbonyl (C=O) groups is 2. The fraction of sp³-hybridized carbons (Fsp3) is 0.882. The minimum atomic E-state index is -0.660. The van der Waals surface area contributed by atoms with Gasteiger partial charge in [0.05, 0.1) is 13.2 Å². The first-order valence-corrected chi connectivity index (χ1v) is 10.1. The van der Waals surface area contributed by atoms with E-state index in [0.717, 1.165) is 18.6 Å². The summed E-state index contributed by atoms with van der Waals surface area (Å²) in [6.45, 7) is 3.07. The molecule has 0 aromatic carbocycles. The summed E-state index contributed by atoms with van der Waals surface area (Å²) in [6, 6.07) is -0.660. The zero-order chi connectivity index (χ0) is 18.0. The fourth-order valence-corrected chi connectivity index (χ4v) is 2.51. The van der Waals surface area contributed by atoms with Gasteiger partial charge in [0.15, 0.2) is 0 Å². The fourth-order valence-electron chi connectivity index (χ4n) is 2.04. The van der Waals surface area contributed by atoms with Crippen molar-refractivity contribution in [1.29, 1.82) is 0 Å². The average molecular weight is 364 g/mol. The number of hydrogen-bond acceptors (Lipinski definition) is 6. The van der Waals surface area contributed by atoms with Crippen LogP contribution < -0.4 is 5.32 Å². The zero-order valence-electron chi connectivity index (χ0n) is 15.3. The van der Waals surface area contributed by atoms with Gasteiger partial charge >= 0.3 is 12.1 Å². The van der Waals surface area contributed by atoms with Gasteiger partial charge in [-0.05, 0) is 24.9 Å². The molecule has 24 heavy (non-hydrogen) atoms. The first-order chi connectivity index (χ1) is 11.7. The van der Waals surface area contributed by atoms with E-state index in [-0.39, 0.29) is 12.6 Å². The van der Waals surface area contributed by atoms with Gasteiger partial charge in [-0.15, -0.1) is 0 Å². The van der Waals surface area contributed by atoms with Crippen LogP contribution in [0.2, 0.25) is 0 Å². The number of alkyl carbamates (subject to hydrolysis) is 1. The molecule has 1 amide bonds. The molecule has 0 rings (SSSR count). The van der Waals surface area contributed by atoms with E-state index in [0.29, 0.717) is 19.6 Å². The van der Waals surface area contributed by atoms with Crippen molar-refractivity contribution in [3.8, 4) is 0 Å². The van der Waals surface area contributed by atoms with Crippen LogP contribution in [0, 0.1) is 0 Å². The first-order valence-electron chi connectivity index (χ1n) is 8.73. The SMILES string of the molecule is CCCCCCCCOC(=O)C(CCSC)NC(=O)OCCOC. The van der Waals surface area contributed by atoms with Gasteiger partial charge in [0.2, 0.25) is 0 Å². The lowest BCUT2D eigenvalue weighted by atomic mass is 10.1. The molecule has 0 aromatic heterocycles. The third-order valence-electron chi connectivity index (χ3n) is 3.45. The maximum atomic E-state index is 12.1. The lowest BCUT2D eigenvalue weighted by Gasteiger charge is -2.17. The number of esters is 1. The highest BCUT2D eigenvalue weighted by atomic mass is 32.2.